The van der Waals surface area contributed by atoms with E-state index in [0.717, 1.165) is 5.56 Å². The molecule has 0 aromatic heterocycles. The van der Waals surface area contributed by atoms with E-state index >= 15 is 0 Å². The summed E-state index contributed by atoms with van der Waals surface area (Å²) in [5, 5.41) is 9.60. The van der Waals surface area contributed by atoms with Crippen molar-refractivity contribution in [2.24, 2.45) is 5.92 Å². The van der Waals surface area contributed by atoms with E-state index in [4.69, 9.17) is 0 Å². The Bertz CT molecular complexity index is 509. The van der Waals surface area contributed by atoms with Crippen molar-refractivity contribution in [1.82, 2.24) is 0 Å². The van der Waals surface area contributed by atoms with Crippen LogP contribution >= 0.6 is 0 Å². The molecule has 0 spiro atoms. The van der Waals surface area contributed by atoms with Crippen molar-refractivity contribution in [3.05, 3.63) is 33.9 Å². The lowest BCUT2D eigenvalue weighted by Gasteiger charge is -2.48. The standard InChI is InChI=1S/C18H28O/c1-11-9-17(4,5)15-8-14(10-19)12(2)13(3)16(15)18(11,6)7/h8,11,19H,9-10H2,1-7H3. The second kappa shape index (κ2) is 4.34. The van der Waals surface area contributed by atoms with Gasteiger partial charge in [0.2, 0.25) is 0 Å². The zero-order valence-corrected chi connectivity index (χ0v) is 13.5. The smallest absolute Gasteiger partial charge is 0.0684 e. The molecule has 1 aliphatic carbocycles. The highest BCUT2D eigenvalue weighted by molar-refractivity contribution is 5.52. The minimum Gasteiger partial charge on any atom is -0.392 e. The summed E-state index contributed by atoms with van der Waals surface area (Å²) in [6.07, 6.45) is 1.21. The fourth-order valence-corrected chi connectivity index (χ4v) is 3.89. The molecular weight excluding hydrogens is 232 g/mol. The van der Waals surface area contributed by atoms with E-state index in [-0.39, 0.29) is 17.4 Å². The molecule has 1 aliphatic rings. The van der Waals surface area contributed by atoms with Crippen molar-refractivity contribution in [3.63, 3.8) is 0 Å². The molecule has 1 unspecified atom stereocenters. The highest BCUT2D eigenvalue weighted by Crippen LogP contribution is 2.51. The Morgan fingerprint density at radius 2 is 1.74 bits per heavy atom. The number of aliphatic hydroxyl groups is 1. The van der Waals surface area contributed by atoms with Crippen LogP contribution in [0.25, 0.3) is 0 Å². The van der Waals surface area contributed by atoms with Gasteiger partial charge in [-0.2, -0.15) is 0 Å². The van der Waals surface area contributed by atoms with Gasteiger partial charge in [-0.3, -0.25) is 0 Å². The minimum absolute atomic E-state index is 0.145. The molecule has 0 amide bonds. The monoisotopic (exact) mass is 260 g/mol. The minimum atomic E-state index is 0.145. The molecule has 0 saturated heterocycles. The number of hydrogen-bond donors (Lipinski definition) is 1. The van der Waals surface area contributed by atoms with Crippen LogP contribution in [0.5, 0.6) is 0 Å². The van der Waals surface area contributed by atoms with Gasteiger partial charge in [-0.25, -0.2) is 0 Å². The van der Waals surface area contributed by atoms with Crippen molar-refractivity contribution in [1.29, 1.82) is 0 Å². The molecule has 2 rings (SSSR count). The molecular formula is C18H28O. The summed E-state index contributed by atoms with van der Waals surface area (Å²) in [4.78, 5) is 0. The maximum atomic E-state index is 9.60. The van der Waals surface area contributed by atoms with Crippen molar-refractivity contribution in [3.8, 4) is 0 Å². The molecule has 106 valence electrons. The number of aliphatic hydroxyl groups excluding tert-OH is 1. The SMILES string of the molecule is Cc1c(CO)cc2c(c1C)C(C)(C)C(C)CC2(C)C. The predicted molar refractivity (Wildman–Crippen MR) is 81.7 cm³/mol. The van der Waals surface area contributed by atoms with Crippen LogP contribution in [-0.4, -0.2) is 5.11 Å². The second-order valence-electron chi connectivity index (χ2n) is 7.58. The third-order valence-electron chi connectivity index (χ3n) is 5.60. The lowest BCUT2D eigenvalue weighted by molar-refractivity contribution is 0.230. The van der Waals surface area contributed by atoms with Gasteiger partial charge in [0, 0.05) is 0 Å². The number of benzene rings is 1. The number of rotatable bonds is 1. The van der Waals surface area contributed by atoms with Gasteiger partial charge < -0.3 is 5.11 Å². The summed E-state index contributed by atoms with van der Waals surface area (Å²) < 4.78 is 0. The van der Waals surface area contributed by atoms with Crippen LogP contribution in [-0.2, 0) is 17.4 Å². The van der Waals surface area contributed by atoms with Crippen LogP contribution < -0.4 is 0 Å². The summed E-state index contributed by atoms with van der Waals surface area (Å²) in [5.41, 5.74) is 7.12. The molecule has 1 nitrogen and oxygen atoms in total. The summed E-state index contributed by atoms with van der Waals surface area (Å²) in [7, 11) is 0. The van der Waals surface area contributed by atoms with Gasteiger partial charge in [-0.1, -0.05) is 40.7 Å². The van der Waals surface area contributed by atoms with Crippen LogP contribution in [0.4, 0.5) is 0 Å². The summed E-state index contributed by atoms with van der Waals surface area (Å²) in [6.45, 7) is 16.3. The molecule has 0 saturated carbocycles. The second-order valence-corrected chi connectivity index (χ2v) is 7.58. The van der Waals surface area contributed by atoms with Gasteiger partial charge in [0.25, 0.3) is 0 Å². The summed E-state index contributed by atoms with van der Waals surface area (Å²) in [6, 6.07) is 2.26. The van der Waals surface area contributed by atoms with Crippen molar-refractivity contribution < 1.29 is 5.11 Å². The molecule has 1 atom stereocenters. The van der Waals surface area contributed by atoms with E-state index in [1.165, 1.54) is 28.7 Å². The number of hydrogen-bond acceptors (Lipinski definition) is 1. The Morgan fingerprint density at radius 3 is 2.26 bits per heavy atom. The van der Waals surface area contributed by atoms with Gasteiger partial charge in [0.15, 0.2) is 0 Å². The molecule has 1 aromatic rings. The lowest BCUT2D eigenvalue weighted by atomic mass is 9.57. The van der Waals surface area contributed by atoms with Crippen LogP contribution in [0.1, 0.15) is 68.9 Å². The predicted octanol–water partition coefficient (Wildman–Crippen LogP) is 4.39. The molecule has 0 bridgehead atoms. The van der Waals surface area contributed by atoms with E-state index in [2.05, 4.69) is 54.5 Å². The first-order valence-electron chi connectivity index (χ1n) is 7.37. The highest BCUT2D eigenvalue weighted by Gasteiger charge is 2.43. The van der Waals surface area contributed by atoms with Crippen molar-refractivity contribution in [2.75, 3.05) is 0 Å². The highest BCUT2D eigenvalue weighted by atomic mass is 16.3. The zero-order valence-electron chi connectivity index (χ0n) is 13.5. The normalized spacial score (nSPS) is 24.1. The van der Waals surface area contributed by atoms with Crippen LogP contribution in [0.3, 0.4) is 0 Å². The average molecular weight is 260 g/mol. The third-order valence-corrected chi connectivity index (χ3v) is 5.60. The fraction of sp³-hybridized carbons (Fsp3) is 0.667. The third kappa shape index (κ3) is 2.03. The van der Waals surface area contributed by atoms with Gasteiger partial charge in [0.1, 0.15) is 0 Å². The van der Waals surface area contributed by atoms with Gasteiger partial charge in [-0.05, 0) is 64.8 Å². The quantitative estimate of drug-likeness (QED) is 0.794. The molecule has 0 fully saturated rings. The van der Waals surface area contributed by atoms with Crippen LogP contribution in [0.2, 0.25) is 0 Å². The van der Waals surface area contributed by atoms with Crippen molar-refractivity contribution >= 4 is 0 Å². The Hall–Kier alpha value is -0.820. The Balaban J connectivity index is 2.83. The lowest BCUT2D eigenvalue weighted by Crippen LogP contribution is -2.41. The molecule has 1 N–H and O–H groups in total. The first-order chi connectivity index (χ1) is 8.63. The topological polar surface area (TPSA) is 20.2 Å². The van der Waals surface area contributed by atoms with Gasteiger partial charge >= 0.3 is 0 Å². The largest absolute Gasteiger partial charge is 0.392 e. The zero-order chi connectivity index (χ0) is 14.6. The molecule has 1 aromatic carbocycles. The van der Waals surface area contributed by atoms with E-state index in [9.17, 15) is 5.11 Å². The molecule has 0 radical (unpaired) electrons. The van der Waals surface area contributed by atoms with Crippen molar-refractivity contribution in [2.45, 2.75) is 72.3 Å². The maximum Gasteiger partial charge on any atom is 0.0684 e. The summed E-state index contributed by atoms with van der Waals surface area (Å²) >= 11 is 0. The van der Waals surface area contributed by atoms with E-state index in [1.807, 2.05) is 0 Å². The Kier molecular flexibility index (Phi) is 3.33. The van der Waals surface area contributed by atoms with Crippen LogP contribution in [0.15, 0.2) is 6.07 Å². The molecule has 19 heavy (non-hydrogen) atoms. The van der Waals surface area contributed by atoms with Crippen LogP contribution in [0, 0.1) is 19.8 Å². The van der Waals surface area contributed by atoms with E-state index < -0.39 is 0 Å². The molecule has 0 heterocycles. The fourth-order valence-electron chi connectivity index (χ4n) is 3.89. The Labute approximate surface area is 118 Å². The first kappa shape index (κ1) is 14.6. The Morgan fingerprint density at radius 1 is 1.16 bits per heavy atom. The average Bonchev–Trinajstić information content (AvgIpc) is 2.29. The molecule has 1 heteroatoms. The number of fused-ring (bicyclic) bond motifs is 1. The van der Waals surface area contributed by atoms with Gasteiger partial charge in [-0.15, -0.1) is 0 Å². The first-order valence-corrected chi connectivity index (χ1v) is 7.37. The summed E-state index contributed by atoms with van der Waals surface area (Å²) in [5.74, 6) is 0.674. The van der Waals surface area contributed by atoms with E-state index in [1.54, 1.807) is 0 Å². The molecule has 0 aliphatic heterocycles. The van der Waals surface area contributed by atoms with E-state index in [0.29, 0.717) is 5.92 Å². The maximum absolute atomic E-state index is 9.60. The van der Waals surface area contributed by atoms with Gasteiger partial charge in [0.05, 0.1) is 6.61 Å².